The maximum Gasteiger partial charge on any atom is 0.255 e. The van der Waals surface area contributed by atoms with Gasteiger partial charge in [0.25, 0.3) is 5.91 Å². The van der Waals surface area contributed by atoms with E-state index >= 15 is 0 Å². The summed E-state index contributed by atoms with van der Waals surface area (Å²) >= 11 is 0. The molecule has 0 saturated heterocycles. The minimum absolute atomic E-state index is 0.125. The number of carbonyl (C=O) groups is 1. The molecule has 88 valence electrons. The van der Waals surface area contributed by atoms with E-state index in [2.05, 4.69) is 5.32 Å². The molecule has 0 spiro atoms. The van der Waals surface area contributed by atoms with Gasteiger partial charge in [-0.1, -0.05) is 6.07 Å². The predicted molar refractivity (Wildman–Crippen MR) is 58.7 cm³/mol. The van der Waals surface area contributed by atoms with Crippen molar-refractivity contribution in [2.75, 3.05) is 13.7 Å². The van der Waals surface area contributed by atoms with Crippen LogP contribution in [0.1, 0.15) is 17.3 Å². The molecule has 1 aromatic rings. The zero-order valence-electron chi connectivity index (χ0n) is 9.23. The van der Waals surface area contributed by atoms with E-state index in [4.69, 9.17) is 9.84 Å². The molecule has 16 heavy (non-hydrogen) atoms. The molecule has 1 atom stereocenters. The van der Waals surface area contributed by atoms with E-state index in [9.17, 15) is 9.90 Å². The number of phenolic OH excluding ortho intramolecular Hbond substituents is 1. The Kier molecular flexibility index (Phi) is 4.13. The van der Waals surface area contributed by atoms with E-state index in [1.807, 2.05) is 0 Å². The number of para-hydroxylation sites is 1. The summed E-state index contributed by atoms with van der Waals surface area (Å²) in [5.41, 5.74) is 0.125. The number of aliphatic hydroxyl groups excluding tert-OH is 1. The molecule has 5 nitrogen and oxygen atoms in total. The number of amides is 1. The Morgan fingerprint density at radius 3 is 2.81 bits per heavy atom. The summed E-state index contributed by atoms with van der Waals surface area (Å²) in [6, 6.07) is 4.64. The van der Waals surface area contributed by atoms with E-state index in [0.29, 0.717) is 0 Å². The van der Waals surface area contributed by atoms with E-state index < -0.39 is 12.0 Å². The molecular weight excluding hydrogens is 210 g/mol. The zero-order valence-corrected chi connectivity index (χ0v) is 9.23. The molecule has 1 unspecified atom stereocenters. The second kappa shape index (κ2) is 5.37. The minimum Gasteiger partial charge on any atom is -0.504 e. The molecule has 1 aromatic carbocycles. The van der Waals surface area contributed by atoms with Crippen LogP contribution in [0.4, 0.5) is 0 Å². The Labute approximate surface area is 93.7 Å². The third kappa shape index (κ3) is 2.87. The van der Waals surface area contributed by atoms with Crippen LogP contribution >= 0.6 is 0 Å². The highest BCUT2D eigenvalue weighted by molar-refractivity contribution is 5.97. The molecule has 0 aliphatic carbocycles. The van der Waals surface area contributed by atoms with Crippen molar-refractivity contribution < 1.29 is 19.7 Å². The first-order valence-corrected chi connectivity index (χ1v) is 4.88. The van der Waals surface area contributed by atoms with Gasteiger partial charge in [0.15, 0.2) is 11.5 Å². The third-order valence-corrected chi connectivity index (χ3v) is 2.02. The average molecular weight is 225 g/mol. The smallest absolute Gasteiger partial charge is 0.255 e. The quantitative estimate of drug-likeness (QED) is 0.697. The van der Waals surface area contributed by atoms with Crippen LogP contribution in [0.15, 0.2) is 18.2 Å². The fourth-order valence-electron chi connectivity index (χ4n) is 1.21. The van der Waals surface area contributed by atoms with Crippen LogP contribution < -0.4 is 10.1 Å². The van der Waals surface area contributed by atoms with Crippen molar-refractivity contribution in [3.05, 3.63) is 23.8 Å². The highest BCUT2D eigenvalue weighted by Crippen LogP contribution is 2.28. The van der Waals surface area contributed by atoms with E-state index in [1.54, 1.807) is 19.1 Å². The van der Waals surface area contributed by atoms with E-state index in [-0.39, 0.29) is 23.6 Å². The van der Waals surface area contributed by atoms with E-state index in [0.717, 1.165) is 0 Å². The summed E-state index contributed by atoms with van der Waals surface area (Å²) in [6.45, 7) is 1.70. The van der Waals surface area contributed by atoms with Gasteiger partial charge in [0.2, 0.25) is 0 Å². The number of benzene rings is 1. The number of hydrogen-bond donors (Lipinski definition) is 3. The van der Waals surface area contributed by atoms with Crippen LogP contribution in [0.25, 0.3) is 0 Å². The van der Waals surface area contributed by atoms with Gasteiger partial charge in [-0.25, -0.2) is 0 Å². The van der Waals surface area contributed by atoms with Gasteiger partial charge in [-0.15, -0.1) is 0 Å². The van der Waals surface area contributed by atoms with Gasteiger partial charge in [0.1, 0.15) is 0 Å². The fraction of sp³-hybridized carbons (Fsp3) is 0.364. The molecule has 0 heterocycles. The van der Waals surface area contributed by atoms with Gasteiger partial charge >= 0.3 is 0 Å². The lowest BCUT2D eigenvalue weighted by molar-refractivity contribution is 0.0920. The maximum atomic E-state index is 11.6. The number of aliphatic hydroxyl groups is 1. The Balaban J connectivity index is 2.83. The first kappa shape index (κ1) is 12.3. The first-order chi connectivity index (χ1) is 7.56. The molecule has 0 aromatic heterocycles. The predicted octanol–water partition coefficient (Wildman–Crippen LogP) is 0.511. The number of rotatable bonds is 4. The summed E-state index contributed by atoms with van der Waals surface area (Å²) in [5, 5.41) is 21.2. The third-order valence-electron chi connectivity index (χ3n) is 2.02. The minimum atomic E-state index is -0.628. The first-order valence-electron chi connectivity index (χ1n) is 4.88. The summed E-state index contributed by atoms with van der Waals surface area (Å²) in [6.07, 6.45) is -0.628. The van der Waals surface area contributed by atoms with Crippen molar-refractivity contribution >= 4 is 5.91 Å². The standard InChI is InChI=1S/C11H15NO4/c1-7(13)6-12-11(15)8-4-3-5-9(16-2)10(8)14/h3-5,7,13-14H,6H2,1-2H3,(H,12,15). The van der Waals surface area contributed by atoms with Crippen LogP contribution in [0, 0.1) is 0 Å². The van der Waals surface area contributed by atoms with Crippen molar-refractivity contribution in [3.63, 3.8) is 0 Å². The zero-order chi connectivity index (χ0) is 12.1. The van der Waals surface area contributed by atoms with Crippen LogP contribution in [-0.4, -0.2) is 35.9 Å². The Bertz CT molecular complexity index is 376. The Morgan fingerprint density at radius 2 is 2.25 bits per heavy atom. The topological polar surface area (TPSA) is 78.8 Å². The second-order valence-electron chi connectivity index (χ2n) is 3.42. The lowest BCUT2D eigenvalue weighted by Crippen LogP contribution is -2.30. The lowest BCUT2D eigenvalue weighted by Gasteiger charge is -2.10. The number of methoxy groups -OCH3 is 1. The van der Waals surface area contributed by atoms with Gasteiger partial charge in [0, 0.05) is 6.54 Å². The number of carbonyl (C=O) groups excluding carboxylic acids is 1. The molecule has 0 bridgehead atoms. The number of hydrogen-bond acceptors (Lipinski definition) is 4. The average Bonchev–Trinajstić information content (AvgIpc) is 2.26. The number of phenols is 1. The summed E-state index contributed by atoms with van der Waals surface area (Å²) in [4.78, 5) is 11.6. The SMILES string of the molecule is COc1cccc(C(=O)NCC(C)O)c1O. The summed E-state index contributed by atoms with van der Waals surface area (Å²) in [7, 11) is 1.41. The van der Waals surface area contributed by atoms with Crippen molar-refractivity contribution in [2.24, 2.45) is 0 Å². The monoisotopic (exact) mass is 225 g/mol. The largest absolute Gasteiger partial charge is 0.504 e. The number of nitrogens with one attached hydrogen (secondary N) is 1. The van der Waals surface area contributed by atoms with Gasteiger partial charge in [-0.3, -0.25) is 4.79 Å². The Hall–Kier alpha value is -1.75. The van der Waals surface area contributed by atoms with Crippen molar-refractivity contribution in [1.82, 2.24) is 5.32 Å². The van der Waals surface area contributed by atoms with Crippen LogP contribution in [0.3, 0.4) is 0 Å². The van der Waals surface area contributed by atoms with Crippen LogP contribution in [-0.2, 0) is 0 Å². The molecule has 3 N–H and O–H groups in total. The molecule has 0 fully saturated rings. The highest BCUT2D eigenvalue weighted by atomic mass is 16.5. The van der Waals surface area contributed by atoms with Crippen LogP contribution in [0.5, 0.6) is 11.5 Å². The van der Waals surface area contributed by atoms with Gasteiger partial charge in [0.05, 0.1) is 18.8 Å². The van der Waals surface area contributed by atoms with Crippen molar-refractivity contribution in [1.29, 1.82) is 0 Å². The molecule has 0 aliphatic rings. The van der Waals surface area contributed by atoms with Gasteiger partial charge < -0.3 is 20.3 Å². The molecule has 0 radical (unpaired) electrons. The van der Waals surface area contributed by atoms with Gasteiger partial charge in [-0.05, 0) is 19.1 Å². The molecule has 1 rings (SSSR count). The Morgan fingerprint density at radius 1 is 1.56 bits per heavy atom. The molecule has 1 amide bonds. The molecular formula is C11H15NO4. The number of aromatic hydroxyl groups is 1. The van der Waals surface area contributed by atoms with E-state index in [1.165, 1.54) is 13.2 Å². The normalized spacial score (nSPS) is 11.9. The lowest BCUT2D eigenvalue weighted by atomic mass is 10.1. The van der Waals surface area contributed by atoms with Crippen molar-refractivity contribution in [2.45, 2.75) is 13.0 Å². The van der Waals surface area contributed by atoms with Crippen LogP contribution in [0.2, 0.25) is 0 Å². The maximum absolute atomic E-state index is 11.6. The van der Waals surface area contributed by atoms with Gasteiger partial charge in [-0.2, -0.15) is 0 Å². The summed E-state index contributed by atoms with van der Waals surface area (Å²) < 4.78 is 4.88. The molecule has 0 aliphatic heterocycles. The number of ether oxygens (including phenoxy) is 1. The molecule has 0 saturated carbocycles. The molecule has 5 heteroatoms. The fourth-order valence-corrected chi connectivity index (χ4v) is 1.21. The van der Waals surface area contributed by atoms with Crippen molar-refractivity contribution in [3.8, 4) is 11.5 Å². The second-order valence-corrected chi connectivity index (χ2v) is 3.42. The summed E-state index contributed by atoms with van der Waals surface area (Å²) in [5.74, 6) is -0.407. The highest BCUT2D eigenvalue weighted by Gasteiger charge is 2.14.